The van der Waals surface area contributed by atoms with Gasteiger partial charge in [-0.1, -0.05) is 38.4 Å². The van der Waals surface area contributed by atoms with E-state index in [-0.39, 0.29) is 17.4 Å². The van der Waals surface area contributed by atoms with E-state index in [1.165, 1.54) is 14.2 Å². The fourth-order valence-electron chi connectivity index (χ4n) is 3.78. The number of halogens is 1. The zero-order valence-corrected chi connectivity index (χ0v) is 19.9. The molecule has 1 aromatic heterocycles. The molecule has 3 aromatic rings. The maximum atomic E-state index is 13.9. The van der Waals surface area contributed by atoms with Crippen LogP contribution in [0.15, 0.2) is 47.4 Å². The molecule has 1 amide bonds. The van der Waals surface area contributed by atoms with Gasteiger partial charge < -0.3 is 18.9 Å². The standard InChI is InChI=1S/C25H29ClN2O4/c1-6-10-28(18-9-7-8-17(26)11-18)25(30)21-15-27(14-16(2)3)24(29)20-13-23(32-5)22(31-4)12-19(20)21/h7-9,11-13,15-16H,6,10,14H2,1-5H3. The summed E-state index contributed by atoms with van der Waals surface area (Å²) in [4.78, 5) is 28.8. The van der Waals surface area contributed by atoms with E-state index in [1.54, 1.807) is 39.9 Å². The average Bonchev–Trinajstić information content (AvgIpc) is 2.77. The van der Waals surface area contributed by atoms with Crippen molar-refractivity contribution >= 4 is 34.0 Å². The van der Waals surface area contributed by atoms with Crippen LogP contribution in [0.5, 0.6) is 11.5 Å². The lowest BCUT2D eigenvalue weighted by molar-refractivity contribution is 0.0987. The number of benzene rings is 2. The zero-order valence-electron chi connectivity index (χ0n) is 19.1. The first-order chi connectivity index (χ1) is 15.3. The van der Waals surface area contributed by atoms with Crippen LogP contribution < -0.4 is 19.9 Å². The number of rotatable bonds is 8. The van der Waals surface area contributed by atoms with Crippen LogP contribution in [0.25, 0.3) is 10.8 Å². The number of carbonyl (C=O) groups is 1. The molecule has 0 bridgehead atoms. The third kappa shape index (κ3) is 4.75. The summed E-state index contributed by atoms with van der Waals surface area (Å²) in [6.07, 6.45) is 2.42. The molecule has 0 spiro atoms. The van der Waals surface area contributed by atoms with Crippen molar-refractivity contribution < 1.29 is 14.3 Å². The number of amides is 1. The van der Waals surface area contributed by atoms with Crippen LogP contribution in [0, 0.1) is 5.92 Å². The average molecular weight is 457 g/mol. The molecule has 0 saturated carbocycles. The van der Waals surface area contributed by atoms with E-state index in [2.05, 4.69) is 0 Å². The number of fused-ring (bicyclic) bond motifs is 1. The Morgan fingerprint density at radius 2 is 1.75 bits per heavy atom. The lowest BCUT2D eigenvalue weighted by Gasteiger charge is -2.24. The lowest BCUT2D eigenvalue weighted by atomic mass is 10.0. The molecular formula is C25H29ClN2O4. The van der Waals surface area contributed by atoms with Crippen molar-refractivity contribution in [2.75, 3.05) is 25.7 Å². The molecule has 0 aliphatic rings. The highest BCUT2D eigenvalue weighted by atomic mass is 35.5. The highest BCUT2D eigenvalue weighted by Gasteiger charge is 2.23. The van der Waals surface area contributed by atoms with E-state index in [9.17, 15) is 9.59 Å². The van der Waals surface area contributed by atoms with E-state index in [1.807, 2.05) is 32.9 Å². The van der Waals surface area contributed by atoms with E-state index in [0.717, 1.165) is 6.42 Å². The van der Waals surface area contributed by atoms with Gasteiger partial charge in [-0.2, -0.15) is 0 Å². The Morgan fingerprint density at radius 3 is 2.31 bits per heavy atom. The molecule has 7 heteroatoms. The molecule has 3 rings (SSSR count). The number of ether oxygens (including phenoxy) is 2. The minimum Gasteiger partial charge on any atom is -0.493 e. The van der Waals surface area contributed by atoms with E-state index < -0.39 is 0 Å². The summed E-state index contributed by atoms with van der Waals surface area (Å²) in [6.45, 7) is 7.08. The molecule has 0 radical (unpaired) electrons. The maximum Gasteiger partial charge on any atom is 0.260 e. The van der Waals surface area contributed by atoms with Crippen molar-refractivity contribution in [3.8, 4) is 11.5 Å². The van der Waals surface area contributed by atoms with Gasteiger partial charge in [-0.05, 0) is 42.7 Å². The summed E-state index contributed by atoms with van der Waals surface area (Å²) in [5.74, 6) is 0.926. The minimum absolute atomic E-state index is 0.170. The van der Waals surface area contributed by atoms with E-state index in [0.29, 0.717) is 51.6 Å². The zero-order chi connectivity index (χ0) is 23.4. The van der Waals surface area contributed by atoms with Crippen molar-refractivity contribution in [3.63, 3.8) is 0 Å². The van der Waals surface area contributed by atoms with Crippen LogP contribution >= 0.6 is 11.6 Å². The number of hydrogen-bond acceptors (Lipinski definition) is 4. The largest absolute Gasteiger partial charge is 0.493 e. The van der Waals surface area contributed by atoms with Gasteiger partial charge in [0.15, 0.2) is 11.5 Å². The summed E-state index contributed by atoms with van der Waals surface area (Å²) in [5, 5.41) is 1.50. The van der Waals surface area contributed by atoms with Gasteiger partial charge in [0.1, 0.15) is 0 Å². The molecule has 32 heavy (non-hydrogen) atoms. The number of pyridine rings is 1. The number of nitrogens with zero attached hydrogens (tertiary/aromatic N) is 2. The molecule has 0 N–H and O–H groups in total. The predicted molar refractivity (Wildman–Crippen MR) is 130 cm³/mol. The topological polar surface area (TPSA) is 60.8 Å². The first-order valence-electron chi connectivity index (χ1n) is 10.7. The molecule has 0 aliphatic heterocycles. The quantitative estimate of drug-likeness (QED) is 0.456. The van der Waals surface area contributed by atoms with Crippen molar-refractivity contribution in [1.82, 2.24) is 4.57 Å². The number of carbonyl (C=O) groups excluding carboxylic acids is 1. The Balaban J connectivity index is 2.29. The third-order valence-corrected chi connectivity index (χ3v) is 5.43. The van der Waals surface area contributed by atoms with Crippen molar-refractivity contribution in [2.24, 2.45) is 5.92 Å². The Hall–Kier alpha value is -2.99. The highest BCUT2D eigenvalue weighted by Crippen LogP contribution is 2.33. The van der Waals surface area contributed by atoms with Gasteiger partial charge in [-0.25, -0.2) is 0 Å². The summed E-state index contributed by atoms with van der Waals surface area (Å²) in [7, 11) is 3.05. The SMILES string of the molecule is CCCN(C(=O)c1cn(CC(C)C)c(=O)c2cc(OC)c(OC)cc12)c1cccc(Cl)c1. The van der Waals surface area contributed by atoms with Gasteiger partial charge >= 0.3 is 0 Å². The monoisotopic (exact) mass is 456 g/mol. The molecule has 0 saturated heterocycles. The fourth-order valence-corrected chi connectivity index (χ4v) is 3.96. The second kappa shape index (κ2) is 10.1. The van der Waals surface area contributed by atoms with Gasteiger partial charge in [0.05, 0.1) is 25.2 Å². The Bertz CT molecular complexity index is 1190. The summed E-state index contributed by atoms with van der Waals surface area (Å²) in [5.41, 5.74) is 0.963. The molecule has 0 unspecified atom stereocenters. The van der Waals surface area contributed by atoms with Crippen LogP contribution in [-0.4, -0.2) is 31.2 Å². The highest BCUT2D eigenvalue weighted by molar-refractivity contribution is 6.31. The van der Waals surface area contributed by atoms with Crippen molar-refractivity contribution in [2.45, 2.75) is 33.7 Å². The molecular weight excluding hydrogens is 428 g/mol. The Kier molecular flexibility index (Phi) is 7.46. The molecule has 0 atom stereocenters. The Labute approximate surface area is 193 Å². The normalized spacial score (nSPS) is 11.1. The maximum absolute atomic E-state index is 13.9. The Morgan fingerprint density at radius 1 is 1.09 bits per heavy atom. The molecule has 1 heterocycles. The molecule has 170 valence electrons. The first kappa shape index (κ1) is 23.7. The van der Waals surface area contributed by atoms with Gasteiger partial charge in [-0.15, -0.1) is 0 Å². The van der Waals surface area contributed by atoms with Crippen molar-refractivity contribution in [1.29, 1.82) is 0 Å². The second-order valence-corrected chi connectivity index (χ2v) is 8.52. The fraction of sp³-hybridized carbons (Fsp3) is 0.360. The van der Waals surface area contributed by atoms with Crippen LogP contribution in [0.1, 0.15) is 37.6 Å². The summed E-state index contributed by atoms with van der Waals surface area (Å²) in [6, 6.07) is 10.6. The van der Waals surface area contributed by atoms with Gasteiger partial charge in [-0.3, -0.25) is 9.59 Å². The lowest BCUT2D eigenvalue weighted by Crippen LogP contribution is -2.33. The number of hydrogen-bond donors (Lipinski definition) is 0. The summed E-state index contributed by atoms with van der Waals surface area (Å²) >= 11 is 6.20. The summed E-state index contributed by atoms with van der Waals surface area (Å²) < 4.78 is 12.5. The second-order valence-electron chi connectivity index (χ2n) is 8.08. The molecule has 0 fully saturated rings. The van der Waals surface area contributed by atoms with Crippen LogP contribution in [0.4, 0.5) is 5.69 Å². The van der Waals surface area contributed by atoms with Gasteiger partial charge in [0, 0.05) is 35.4 Å². The number of aromatic nitrogens is 1. The van der Waals surface area contributed by atoms with Crippen LogP contribution in [0.2, 0.25) is 5.02 Å². The first-order valence-corrected chi connectivity index (χ1v) is 11.0. The molecule has 6 nitrogen and oxygen atoms in total. The number of methoxy groups -OCH3 is 2. The smallest absolute Gasteiger partial charge is 0.260 e. The third-order valence-electron chi connectivity index (χ3n) is 5.19. The molecule has 0 aliphatic carbocycles. The van der Waals surface area contributed by atoms with Gasteiger partial charge in [0.2, 0.25) is 0 Å². The van der Waals surface area contributed by atoms with Crippen LogP contribution in [-0.2, 0) is 6.54 Å². The van der Waals surface area contributed by atoms with Crippen molar-refractivity contribution in [3.05, 3.63) is 63.5 Å². The minimum atomic E-state index is -0.205. The van der Waals surface area contributed by atoms with E-state index >= 15 is 0 Å². The number of anilines is 1. The van der Waals surface area contributed by atoms with Crippen LogP contribution in [0.3, 0.4) is 0 Å². The molecule has 2 aromatic carbocycles. The predicted octanol–water partition coefficient (Wildman–Crippen LogP) is 5.38. The van der Waals surface area contributed by atoms with Gasteiger partial charge in [0.25, 0.3) is 11.5 Å². The van der Waals surface area contributed by atoms with E-state index in [4.69, 9.17) is 21.1 Å².